The SMILES string of the molecule is C[C@H]1Oc2ccc(S(=O)(=O)Nc3ccccc3C(=O)NC3CC3)cc2NC1=O. The lowest BCUT2D eigenvalue weighted by atomic mass is 10.1. The third kappa shape index (κ3) is 3.65. The number of carbonyl (C=O) groups is 2. The summed E-state index contributed by atoms with van der Waals surface area (Å²) in [5, 5.41) is 5.47. The number of ether oxygens (including phenoxy) is 1. The highest BCUT2D eigenvalue weighted by Gasteiger charge is 2.27. The van der Waals surface area contributed by atoms with E-state index in [2.05, 4.69) is 15.4 Å². The van der Waals surface area contributed by atoms with Gasteiger partial charge in [0.25, 0.3) is 21.8 Å². The van der Waals surface area contributed by atoms with Gasteiger partial charge in [0.15, 0.2) is 6.10 Å². The lowest BCUT2D eigenvalue weighted by molar-refractivity contribution is -0.122. The number of sulfonamides is 1. The number of nitrogens with one attached hydrogen (secondary N) is 3. The van der Waals surface area contributed by atoms with Crippen LogP contribution in [0.2, 0.25) is 0 Å². The molecular weight excluding hydrogens is 382 g/mol. The maximum absolute atomic E-state index is 12.8. The molecule has 2 aliphatic rings. The third-order valence-electron chi connectivity index (χ3n) is 4.52. The topological polar surface area (TPSA) is 114 Å². The lowest BCUT2D eigenvalue weighted by Gasteiger charge is -2.23. The quantitative estimate of drug-likeness (QED) is 0.710. The summed E-state index contributed by atoms with van der Waals surface area (Å²) in [6.45, 7) is 1.61. The van der Waals surface area contributed by atoms with Gasteiger partial charge in [-0.25, -0.2) is 8.42 Å². The molecule has 3 N–H and O–H groups in total. The van der Waals surface area contributed by atoms with Crippen molar-refractivity contribution >= 4 is 33.2 Å². The molecule has 1 heterocycles. The zero-order valence-corrected chi connectivity index (χ0v) is 15.9. The Morgan fingerprint density at radius 3 is 2.68 bits per heavy atom. The maximum Gasteiger partial charge on any atom is 0.265 e. The first-order valence-corrected chi connectivity index (χ1v) is 10.4. The molecule has 8 nitrogen and oxygen atoms in total. The first-order chi connectivity index (χ1) is 13.3. The molecule has 9 heteroatoms. The Morgan fingerprint density at radius 2 is 1.93 bits per heavy atom. The monoisotopic (exact) mass is 401 g/mol. The fourth-order valence-electron chi connectivity index (χ4n) is 2.82. The van der Waals surface area contributed by atoms with E-state index in [9.17, 15) is 18.0 Å². The fourth-order valence-corrected chi connectivity index (χ4v) is 3.93. The number of amides is 2. The summed E-state index contributed by atoms with van der Waals surface area (Å²) in [6, 6.07) is 10.8. The van der Waals surface area contributed by atoms with Crippen molar-refractivity contribution in [3.05, 3.63) is 48.0 Å². The number of hydrogen-bond acceptors (Lipinski definition) is 5. The van der Waals surface area contributed by atoms with Crippen molar-refractivity contribution < 1.29 is 22.7 Å². The summed E-state index contributed by atoms with van der Waals surface area (Å²) in [4.78, 5) is 24.1. The number of benzene rings is 2. The molecule has 1 aliphatic carbocycles. The van der Waals surface area contributed by atoms with Crippen LogP contribution in [0.1, 0.15) is 30.1 Å². The number of anilines is 2. The molecule has 0 bridgehead atoms. The molecular formula is C19H19N3O5S. The van der Waals surface area contributed by atoms with Gasteiger partial charge in [0, 0.05) is 6.04 Å². The van der Waals surface area contributed by atoms with Crippen LogP contribution in [0.5, 0.6) is 5.75 Å². The third-order valence-corrected chi connectivity index (χ3v) is 5.88. The summed E-state index contributed by atoms with van der Waals surface area (Å²) in [7, 11) is -3.98. The average Bonchev–Trinajstić information content (AvgIpc) is 3.46. The second kappa shape index (κ2) is 6.83. The molecule has 2 aromatic carbocycles. The van der Waals surface area contributed by atoms with E-state index in [0.29, 0.717) is 5.75 Å². The van der Waals surface area contributed by atoms with Gasteiger partial charge < -0.3 is 15.4 Å². The van der Waals surface area contributed by atoms with Crippen molar-refractivity contribution in [2.45, 2.75) is 36.8 Å². The van der Waals surface area contributed by atoms with Gasteiger partial charge in [-0.3, -0.25) is 14.3 Å². The van der Waals surface area contributed by atoms with E-state index in [1.165, 1.54) is 24.3 Å². The van der Waals surface area contributed by atoms with Crippen molar-refractivity contribution in [2.75, 3.05) is 10.0 Å². The highest BCUT2D eigenvalue weighted by molar-refractivity contribution is 7.92. The first kappa shape index (κ1) is 18.3. The minimum atomic E-state index is -3.98. The molecule has 0 saturated heterocycles. The molecule has 4 rings (SSSR count). The predicted octanol–water partition coefficient (Wildman–Crippen LogP) is 2.10. The van der Waals surface area contributed by atoms with Crippen molar-refractivity contribution in [3.8, 4) is 5.75 Å². The Kier molecular flexibility index (Phi) is 4.46. The van der Waals surface area contributed by atoms with Gasteiger partial charge in [0.05, 0.1) is 21.8 Å². The highest BCUT2D eigenvalue weighted by atomic mass is 32.2. The van der Waals surface area contributed by atoms with E-state index in [1.54, 1.807) is 25.1 Å². The summed E-state index contributed by atoms with van der Waals surface area (Å²) in [5.41, 5.74) is 0.722. The fraction of sp³-hybridized carbons (Fsp3) is 0.263. The first-order valence-electron chi connectivity index (χ1n) is 8.88. The summed E-state index contributed by atoms with van der Waals surface area (Å²) in [5.74, 6) is -0.270. The van der Waals surface area contributed by atoms with Crippen LogP contribution in [0.15, 0.2) is 47.4 Å². The van der Waals surface area contributed by atoms with Crippen LogP contribution in [0.4, 0.5) is 11.4 Å². The molecule has 0 radical (unpaired) electrons. The van der Waals surface area contributed by atoms with Gasteiger partial charge in [0.1, 0.15) is 5.75 Å². The highest BCUT2D eigenvalue weighted by Crippen LogP contribution is 2.32. The van der Waals surface area contributed by atoms with Gasteiger partial charge in [-0.15, -0.1) is 0 Å². The van der Waals surface area contributed by atoms with Gasteiger partial charge in [-0.2, -0.15) is 0 Å². The number of rotatable bonds is 5. The number of carbonyl (C=O) groups excluding carboxylic acids is 2. The van der Waals surface area contributed by atoms with Crippen molar-refractivity contribution in [2.24, 2.45) is 0 Å². The zero-order valence-electron chi connectivity index (χ0n) is 15.1. The lowest BCUT2D eigenvalue weighted by Crippen LogP contribution is -2.34. The van der Waals surface area contributed by atoms with E-state index < -0.39 is 16.1 Å². The molecule has 1 fully saturated rings. The second-order valence-electron chi connectivity index (χ2n) is 6.81. The molecule has 0 aromatic heterocycles. The minimum Gasteiger partial charge on any atom is -0.479 e. The average molecular weight is 401 g/mol. The van der Waals surface area contributed by atoms with Crippen molar-refractivity contribution in [1.29, 1.82) is 0 Å². The molecule has 1 aliphatic heterocycles. The Hall–Kier alpha value is -3.07. The molecule has 0 spiro atoms. The number of fused-ring (bicyclic) bond motifs is 1. The van der Waals surface area contributed by atoms with Crippen LogP contribution in [0.25, 0.3) is 0 Å². The maximum atomic E-state index is 12.8. The van der Waals surface area contributed by atoms with E-state index in [0.717, 1.165) is 12.8 Å². The molecule has 1 saturated carbocycles. The smallest absolute Gasteiger partial charge is 0.265 e. The number of para-hydroxylation sites is 1. The second-order valence-corrected chi connectivity index (χ2v) is 8.49. The Labute approximate surface area is 162 Å². The molecule has 1 atom stereocenters. The number of hydrogen-bond donors (Lipinski definition) is 3. The van der Waals surface area contributed by atoms with Crippen LogP contribution in [0, 0.1) is 0 Å². The molecule has 0 unspecified atom stereocenters. The zero-order chi connectivity index (χ0) is 19.9. The van der Waals surface area contributed by atoms with Gasteiger partial charge in [-0.1, -0.05) is 12.1 Å². The minimum absolute atomic E-state index is 0.0536. The molecule has 28 heavy (non-hydrogen) atoms. The molecule has 2 amide bonds. The Bertz CT molecular complexity index is 1060. The largest absolute Gasteiger partial charge is 0.479 e. The van der Waals surface area contributed by atoms with E-state index in [-0.39, 0.29) is 39.7 Å². The normalized spacial score (nSPS) is 18.5. The van der Waals surface area contributed by atoms with E-state index >= 15 is 0 Å². The van der Waals surface area contributed by atoms with E-state index in [4.69, 9.17) is 4.74 Å². The molecule has 2 aromatic rings. The Morgan fingerprint density at radius 1 is 1.18 bits per heavy atom. The van der Waals surface area contributed by atoms with Crippen molar-refractivity contribution in [3.63, 3.8) is 0 Å². The van der Waals surface area contributed by atoms with Gasteiger partial charge in [0.2, 0.25) is 0 Å². The van der Waals surface area contributed by atoms with Gasteiger partial charge >= 0.3 is 0 Å². The Balaban J connectivity index is 1.61. The van der Waals surface area contributed by atoms with Crippen LogP contribution >= 0.6 is 0 Å². The van der Waals surface area contributed by atoms with E-state index in [1.807, 2.05) is 0 Å². The van der Waals surface area contributed by atoms with Crippen LogP contribution in [0.3, 0.4) is 0 Å². The standard InChI is InChI=1S/C19H19N3O5S/c1-11-18(23)21-16-10-13(8-9-17(16)27-11)28(25,26)22-15-5-3-2-4-14(15)19(24)20-12-6-7-12/h2-5,8-12,22H,6-7H2,1H3,(H,20,24)(H,21,23)/t11-/m1/s1. The van der Waals surface area contributed by atoms with Crippen molar-refractivity contribution in [1.82, 2.24) is 5.32 Å². The predicted molar refractivity (Wildman–Crippen MR) is 103 cm³/mol. The molecule has 146 valence electrons. The summed E-state index contributed by atoms with van der Waals surface area (Å²) < 4.78 is 33.6. The van der Waals surface area contributed by atoms with Crippen LogP contribution in [-0.4, -0.2) is 32.4 Å². The van der Waals surface area contributed by atoms with Crippen LogP contribution < -0.4 is 20.1 Å². The summed E-state index contributed by atoms with van der Waals surface area (Å²) in [6.07, 6.45) is 1.22. The summed E-state index contributed by atoms with van der Waals surface area (Å²) >= 11 is 0. The van der Waals surface area contributed by atoms with Gasteiger partial charge in [-0.05, 0) is 50.1 Å². The van der Waals surface area contributed by atoms with Crippen LogP contribution in [-0.2, 0) is 14.8 Å².